The first kappa shape index (κ1) is 20.8. The number of hydrogen-bond donors (Lipinski definition) is 1. The Bertz CT molecular complexity index is 852. The van der Waals surface area contributed by atoms with E-state index in [1.807, 2.05) is 12.1 Å². The van der Waals surface area contributed by atoms with E-state index in [4.69, 9.17) is 13.9 Å². The number of benzene rings is 1. The Morgan fingerprint density at radius 1 is 1.24 bits per heavy atom. The zero-order chi connectivity index (χ0) is 20.8. The van der Waals surface area contributed by atoms with E-state index in [1.54, 1.807) is 31.4 Å². The molecule has 1 aromatic heterocycles. The number of hydrogen-bond acceptors (Lipinski definition) is 7. The first-order valence-corrected chi connectivity index (χ1v) is 10.0. The molecule has 1 aliphatic rings. The van der Waals surface area contributed by atoms with Crippen LogP contribution in [0.3, 0.4) is 0 Å². The Kier molecular flexibility index (Phi) is 6.82. The second-order valence-electron chi connectivity index (χ2n) is 6.38. The van der Waals surface area contributed by atoms with Gasteiger partial charge in [0.2, 0.25) is 5.91 Å². The predicted octanol–water partition coefficient (Wildman–Crippen LogP) is 2.11. The van der Waals surface area contributed by atoms with Gasteiger partial charge in [-0.15, -0.1) is 11.8 Å². The van der Waals surface area contributed by atoms with Crippen LogP contribution in [0.1, 0.15) is 23.6 Å². The van der Waals surface area contributed by atoms with E-state index in [0.29, 0.717) is 18.1 Å². The lowest BCUT2D eigenvalue weighted by atomic mass is 10.2. The lowest BCUT2D eigenvalue weighted by molar-refractivity contribution is -0.156. The summed E-state index contributed by atoms with van der Waals surface area (Å²) in [7, 11) is 1.58. The molecule has 1 N–H and O–H groups in total. The molecule has 2 aromatic rings. The average molecular weight is 418 g/mol. The molecule has 29 heavy (non-hydrogen) atoms. The zero-order valence-corrected chi connectivity index (χ0v) is 16.9. The standard InChI is InChI=1S/C20H22N2O6S/c1-13(23)22-16(12-29-19(22)17-4-3-9-27-17)20(25)28-11-18(24)21-10-14-5-7-15(26-2)8-6-14/h3-9,16,19H,10-12H2,1-2H3,(H,21,24)/t16-,19-/m0/s1. The number of esters is 1. The third-order valence-electron chi connectivity index (χ3n) is 4.42. The van der Waals surface area contributed by atoms with E-state index in [-0.39, 0.29) is 11.3 Å². The molecule has 0 aliphatic carbocycles. The Labute approximate surface area is 172 Å². The minimum Gasteiger partial charge on any atom is -0.497 e. The minimum absolute atomic E-state index is 0.262. The third kappa shape index (κ3) is 5.11. The van der Waals surface area contributed by atoms with Crippen LogP contribution in [0.25, 0.3) is 0 Å². The highest BCUT2D eigenvalue weighted by Crippen LogP contribution is 2.41. The Morgan fingerprint density at radius 2 is 2.00 bits per heavy atom. The van der Waals surface area contributed by atoms with Crippen molar-refractivity contribution in [2.24, 2.45) is 0 Å². The molecule has 2 atom stereocenters. The van der Waals surface area contributed by atoms with Gasteiger partial charge in [0.25, 0.3) is 5.91 Å². The van der Waals surface area contributed by atoms with Crippen molar-refractivity contribution in [2.75, 3.05) is 19.5 Å². The maximum atomic E-state index is 12.5. The summed E-state index contributed by atoms with van der Waals surface area (Å²) in [5.41, 5.74) is 0.890. The highest BCUT2D eigenvalue weighted by molar-refractivity contribution is 7.99. The molecule has 0 spiro atoms. The molecule has 2 amide bonds. The van der Waals surface area contributed by atoms with Gasteiger partial charge in [-0.1, -0.05) is 12.1 Å². The van der Waals surface area contributed by atoms with Gasteiger partial charge in [-0.3, -0.25) is 9.59 Å². The number of nitrogens with zero attached hydrogens (tertiary/aromatic N) is 1. The van der Waals surface area contributed by atoms with Crippen molar-refractivity contribution in [1.29, 1.82) is 0 Å². The van der Waals surface area contributed by atoms with Crippen molar-refractivity contribution < 1.29 is 28.3 Å². The lowest BCUT2D eigenvalue weighted by Crippen LogP contribution is -2.43. The van der Waals surface area contributed by atoms with Crippen LogP contribution < -0.4 is 10.1 Å². The molecule has 0 radical (unpaired) electrons. The van der Waals surface area contributed by atoms with Crippen LogP contribution in [0, 0.1) is 0 Å². The van der Waals surface area contributed by atoms with Gasteiger partial charge < -0.3 is 24.1 Å². The smallest absolute Gasteiger partial charge is 0.330 e. The van der Waals surface area contributed by atoms with Crippen LogP contribution in [-0.2, 0) is 25.7 Å². The van der Waals surface area contributed by atoms with Crippen LogP contribution in [0.5, 0.6) is 5.75 Å². The van der Waals surface area contributed by atoms with Gasteiger partial charge >= 0.3 is 5.97 Å². The number of ether oxygens (including phenoxy) is 2. The van der Waals surface area contributed by atoms with Gasteiger partial charge in [-0.2, -0.15) is 0 Å². The topological polar surface area (TPSA) is 98.1 Å². The number of furan rings is 1. The van der Waals surface area contributed by atoms with E-state index >= 15 is 0 Å². The number of carbonyl (C=O) groups is 3. The third-order valence-corrected chi connectivity index (χ3v) is 5.70. The molecule has 1 aromatic carbocycles. The first-order chi connectivity index (χ1) is 14.0. The molecule has 0 bridgehead atoms. The maximum Gasteiger partial charge on any atom is 0.330 e. The molecule has 1 aliphatic heterocycles. The van der Waals surface area contributed by atoms with E-state index in [1.165, 1.54) is 29.8 Å². The van der Waals surface area contributed by atoms with E-state index < -0.39 is 24.5 Å². The number of nitrogens with one attached hydrogen (secondary N) is 1. The summed E-state index contributed by atoms with van der Waals surface area (Å²) < 4.78 is 15.6. The van der Waals surface area contributed by atoms with Crippen molar-refractivity contribution in [1.82, 2.24) is 10.2 Å². The van der Waals surface area contributed by atoms with Crippen molar-refractivity contribution in [2.45, 2.75) is 24.9 Å². The number of amides is 2. The van der Waals surface area contributed by atoms with Gasteiger partial charge in [0, 0.05) is 19.2 Å². The van der Waals surface area contributed by atoms with Crippen molar-refractivity contribution in [3.63, 3.8) is 0 Å². The summed E-state index contributed by atoms with van der Waals surface area (Å²) in [5, 5.41) is 2.30. The number of carbonyl (C=O) groups excluding carboxylic acids is 3. The molecular weight excluding hydrogens is 396 g/mol. The summed E-state index contributed by atoms with van der Waals surface area (Å²) in [6.07, 6.45) is 1.52. The summed E-state index contributed by atoms with van der Waals surface area (Å²) in [6.45, 7) is 1.29. The van der Waals surface area contributed by atoms with Gasteiger partial charge in [0.1, 0.15) is 22.9 Å². The molecule has 8 nitrogen and oxygen atoms in total. The monoisotopic (exact) mass is 418 g/mol. The summed E-state index contributed by atoms with van der Waals surface area (Å²) in [6, 6.07) is 9.99. The van der Waals surface area contributed by atoms with Gasteiger partial charge in [0.05, 0.1) is 13.4 Å². The molecule has 9 heteroatoms. The molecule has 0 unspecified atom stereocenters. The predicted molar refractivity (Wildman–Crippen MR) is 106 cm³/mol. The van der Waals surface area contributed by atoms with E-state index in [0.717, 1.165) is 11.3 Å². The Morgan fingerprint density at radius 3 is 2.62 bits per heavy atom. The van der Waals surface area contributed by atoms with Crippen LogP contribution >= 0.6 is 11.8 Å². The molecule has 1 saturated heterocycles. The Balaban J connectivity index is 1.50. The highest BCUT2D eigenvalue weighted by atomic mass is 32.2. The number of thioether (sulfide) groups is 1. The second kappa shape index (κ2) is 9.51. The van der Waals surface area contributed by atoms with Gasteiger partial charge in [0.15, 0.2) is 6.61 Å². The summed E-state index contributed by atoms with van der Waals surface area (Å²) in [4.78, 5) is 38.0. The van der Waals surface area contributed by atoms with E-state index in [9.17, 15) is 14.4 Å². The largest absolute Gasteiger partial charge is 0.497 e. The fourth-order valence-electron chi connectivity index (χ4n) is 2.95. The summed E-state index contributed by atoms with van der Waals surface area (Å²) >= 11 is 1.42. The van der Waals surface area contributed by atoms with Crippen LogP contribution in [-0.4, -0.2) is 48.2 Å². The summed E-state index contributed by atoms with van der Waals surface area (Å²) in [5.74, 6) is 0.404. The fraction of sp³-hybridized carbons (Fsp3) is 0.350. The average Bonchev–Trinajstić information content (AvgIpc) is 3.40. The molecule has 3 rings (SSSR count). The van der Waals surface area contributed by atoms with Crippen molar-refractivity contribution in [3.05, 3.63) is 54.0 Å². The van der Waals surface area contributed by atoms with Gasteiger partial charge in [-0.05, 0) is 29.8 Å². The molecule has 0 saturated carbocycles. The zero-order valence-electron chi connectivity index (χ0n) is 16.1. The maximum absolute atomic E-state index is 12.5. The Hall–Kier alpha value is -2.94. The van der Waals surface area contributed by atoms with Crippen LogP contribution in [0.4, 0.5) is 0 Å². The number of methoxy groups -OCH3 is 1. The first-order valence-electron chi connectivity index (χ1n) is 8.99. The lowest BCUT2D eigenvalue weighted by Gasteiger charge is -2.25. The molecule has 154 valence electrons. The fourth-order valence-corrected chi connectivity index (χ4v) is 4.37. The van der Waals surface area contributed by atoms with Crippen LogP contribution in [0.15, 0.2) is 47.1 Å². The number of rotatable bonds is 7. The minimum atomic E-state index is -0.762. The van der Waals surface area contributed by atoms with Crippen LogP contribution in [0.2, 0.25) is 0 Å². The SMILES string of the molecule is COc1ccc(CNC(=O)COC(=O)[C@@H]2CS[C@@H](c3ccco3)N2C(C)=O)cc1. The van der Waals surface area contributed by atoms with Gasteiger partial charge in [-0.25, -0.2) is 4.79 Å². The molecule has 1 fully saturated rings. The quantitative estimate of drug-likeness (QED) is 0.688. The van der Waals surface area contributed by atoms with E-state index in [2.05, 4.69) is 5.32 Å². The normalized spacial score (nSPS) is 18.3. The second-order valence-corrected chi connectivity index (χ2v) is 7.49. The van der Waals surface area contributed by atoms with Crippen molar-refractivity contribution >= 4 is 29.5 Å². The molecular formula is C20H22N2O6S. The molecule has 2 heterocycles. The highest BCUT2D eigenvalue weighted by Gasteiger charge is 2.43. The van der Waals surface area contributed by atoms with Crippen molar-refractivity contribution in [3.8, 4) is 5.75 Å².